The molecule has 4 heteroatoms. The van der Waals surface area contributed by atoms with Gasteiger partial charge < -0.3 is 4.74 Å². The van der Waals surface area contributed by atoms with Crippen LogP contribution in [0.5, 0.6) is 0 Å². The Morgan fingerprint density at radius 3 is 2.67 bits per heavy atom. The Bertz CT molecular complexity index is 347. The van der Waals surface area contributed by atoms with Crippen LogP contribution in [0.4, 0.5) is 0 Å². The van der Waals surface area contributed by atoms with Gasteiger partial charge in [-0.1, -0.05) is 34.1 Å². The molecule has 2 nitrogen and oxygen atoms in total. The standard InChI is InChI=1S/C11H14BrNO.ClH/c1-8-7-14-11(2,13-8)9-5-3-4-6-10(9)12;/h3-6,8,13H,7H2,1-2H3;1H. The molecule has 1 fully saturated rings. The SMILES string of the molecule is CC1COC(C)(c2ccccc2Br)N1.Cl. The molecule has 0 saturated carbocycles. The first-order chi connectivity index (χ1) is 6.62. The molecule has 0 amide bonds. The fourth-order valence-electron chi connectivity index (χ4n) is 1.85. The molecule has 0 radical (unpaired) electrons. The number of nitrogens with one attached hydrogen (secondary N) is 1. The van der Waals surface area contributed by atoms with Gasteiger partial charge in [0.15, 0.2) is 0 Å². The third-order valence-electron chi connectivity index (χ3n) is 2.53. The van der Waals surface area contributed by atoms with Gasteiger partial charge in [0.1, 0.15) is 5.72 Å². The average Bonchev–Trinajstić information content (AvgIpc) is 2.48. The Morgan fingerprint density at radius 2 is 2.13 bits per heavy atom. The zero-order valence-corrected chi connectivity index (χ0v) is 11.2. The van der Waals surface area contributed by atoms with E-state index in [1.165, 1.54) is 0 Å². The molecule has 1 N–H and O–H groups in total. The summed E-state index contributed by atoms with van der Waals surface area (Å²) in [6.07, 6.45) is 0. The molecule has 2 rings (SSSR count). The first kappa shape index (κ1) is 13.0. The van der Waals surface area contributed by atoms with Gasteiger partial charge in [-0.05, 0) is 19.9 Å². The molecule has 2 atom stereocenters. The molecule has 1 aliphatic heterocycles. The summed E-state index contributed by atoms with van der Waals surface area (Å²) in [6.45, 7) is 4.95. The van der Waals surface area contributed by atoms with Gasteiger partial charge in [0.25, 0.3) is 0 Å². The molecule has 1 aliphatic rings. The number of hydrogen-bond donors (Lipinski definition) is 1. The molecule has 0 aromatic heterocycles. The Hall–Kier alpha value is -0.0900. The van der Waals surface area contributed by atoms with Crippen molar-refractivity contribution in [2.75, 3.05) is 6.61 Å². The van der Waals surface area contributed by atoms with Gasteiger partial charge in [-0.25, -0.2) is 0 Å². The van der Waals surface area contributed by atoms with Crippen LogP contribution < -0.4 is 5.32 Å². The Kier molecular flexibility index (Phi) is 4.18. The van der Waals surface area contributed by atoms with Crippen molar-refractivity contribution in [2.45, 2.75) is 25.6 Å². The van der Waals surface area contributed by atoms with Crippen molar-refractivity contribution in [3.63, 3.8) is 0 Å². The number of hydrogen-bond acceptors (Lipinski definition) is 2. The van der Waals surface area contributed by atoms with Crippen LogP contribution >= 0.6 is 28.3 Å². The topological polar surface area (TPSA) is 21.3 Å². The molecule has 1 heterocycles. The fourth-order valence-corrected chi connectivity index (χ4v) is 2.51. The van der Waals surface area contributed by atoms with Crippen molar-refractivity contribution in [2.24, 2.45) is 0 Å². The molecule has 84 valence electrons. The largest absolute Gasteiger partial charge is 0.355 e. The molecule has 15 heavy (non-hydrogen) atoms. The lowest BCUT2D eigenvalue weighted by molar-refractivity contribution is 0.00177. The predicted molar refractivity (Wildman–Crippen MR) is 67.3 cm³/mol. The van der Waals surface area contributed by atoms with Crippen molar-refractivity contribution in [3.8, 4) is 0 Å². The first-order valence-electron chi connectivity index (χ1n) is 4.78. The van der Waals surface area contributed by atoms with E-state index in [4.69, 9.17) is 4.74 Å². The summed E-state index contributed by atoms with van der Waals surface area (Å²) in [5.74, 6) is 0. The minimum absolute atomic E-state index is 0. The molecule has 0 aliphatic carbocycles. The van der Waals surface area contributed by atoms with E-state index in [1.807, 2.05) is 18.2 Å². The Morgan fingerprint density at radius 1 is 1.47 bits per heavy atom. The van der Waals surface area contributed by atoms with Crippen LogP contribution in [-0.4, -0.2) is 12.6 Å². The summed E-state index contributed by atoms with van der Waals surface area (Å²) in [5.41, 5.74) is 0.809. The number of rotatable bonds is 1. The lowest BCUT2D eigenvalue weighted by Gasteiger charge is -2.25. The van der Waals surface area contributed by atoms with Crippen LogP contribution in [0.15, 0.2) is 28.7 Å². The second kappa shape index (κ2) is 4.83. The minimum Gasteiger partial charge on any atom is -0.355 e. The molecule has 1 aromatic rings. The molecule has 1 saturated heterocycles. The van der Waals surface area contributed by atoms with Gasteiger partial charge in [0.05, 0.1) is 6.61 Å². The van der Waals surface area contributed by atoms with Crippen LogP contribution in [0.3, 0.4) is 0 Å². The highest BCUT2D eigenvalue weighted by atomic mass is 79.9. The van der Waals surface area contributed by atoms with E-state index in [9.17, 15) is 0 Å². The van der Waals surface area contributed by atoms with Gasteiger partial charge in [-0.3, -0.25) is 5.32 Å². The van der Waals surface area contributed by atoms with Gasteiger partial charge >= 0.3 is 0 Å². The predicted octanol–water partition coefficient (Wildman–Crippen LogP) is 3.05. The monoisotopic (exact) mass is 291 g/mol. The molecule has 0 bridgehead atoms. The maximum absolute atomic E-state index is 5.78. The van der Waals surface area contributed by atoms with E-state index in [0.29, 0.717) is 6.04 Å². The van der Waals surface area contributed by atoms with Crippen molar-refractivity contribution < 1.29 is 4.74 Å². The van der Waals surface area contributed by atoms with Crippen LogP contribution in [0.1, 0.15) is 19.4 Å². The van der Waals surface area contributed by atoms with E-state index in [1.54, 1.807) is 0 Å². The van der Waals surface area contributed by atoms with E-state index >= 15 is 0 Å². The zero-order chi connectivity index (χ0) is 10.2. The van der Waals surface area contributed by atoms with Gasteiger partial charge in [-0.15, -0.1) is 12.4 Å². The van der Waals surface area contributed by atoms with Crippen LogP contribution in [0.25, 0.3) is 0 Å². The van der Waals surface area contributed by atoms with Crippen LogP contribution in [-0.2, 0) is 10.5 Å². The highest BCUT2D eigenvalue weighted by Gasteiger charge is 2.36. The minimum atomic E-state index is -0.348. The second-order valence-corrected chi connectivity index (χ2v) is 4.72. The van der Waals surface area contributed by atoms with Crippen LogP contribution in [0.2, 0.25) is 0 Å². The summed E-state index contributed by atoms with van der Waals surface area (Å²) in [7, 11) is 0. The smallest absolute Gasteiger partial charge is 0.143 e. The quantitative estimate of drug-likeness (QED) is 0.859. The molecule has 0 spiro atoms. The Labute approximate surface area is 105 Å². The third-order valence-corrected chi connectivity index (χ3v) is 3.22. The number of benzene rings is 1. The molecular weight excluding hydrogens is 277 g/mol. The van der Waals surface area contributed by atoms with E-state index in [2.05, 4.69) is 41.2 Å². The van der Waals surface area contributed by atoms with Crippen molar-refractivity contribution in [1.82, 2.24) is 5.32 Å². The maximum atomic E-state index is 5.78. The lowest BCUT2D eigenvalue weighted by atomic mass is 10.1. The highest BCUT2D eigenvalue weighted by Crippen LogP contribution is 2.32. The fraction of sp³-hybridized carbons (Fsp3) is 0.455. The van der Waals surface area contributed by atoms with Gasteiger partial charge in [-0.2, -0.15) is 0 Å². The van der Waals surface area contributed by atoms with Crippen molar-refractivity contribution in [1.29, 1.82) is 0 Å². The summed E-state index contributed by atoms with van der Waals surface area (Å²) >= 11 is 3.54. The molecule has 1 aromatic carbocycles. The number of ether oxygens (including phenoxy) is 1. The molecular formula is C11H15BrClNO. The molecule has 2 unspecified atom stereocenters. The highest BCUT2D eigenvalue weighted by molar-refractivity contribution is 9.10. The second-order valence-electron chi connectivity index (χ2n) is 3.87. The average molecular weight is 293 g/mol. The maximum Gasteiger partial charge on any atom is 0.143 e. The van der Waals surface area contributed by atoms with Crippen LogP contribution in [0, 0.1) is 0 Å². The van der Waals surface area contributed by atoms with E-state index in [-0.39, 0.29) is 18.1 Å². The Balaban J connectivity index is 0.00000112. The zero-order valence-electron chi connectivity index (χ0n) is 8.79. The summed E-state index contributed by atoms with van der Waals surface area (Å²) in [4.78, 5) is 0. The summed E-state index contributed by atoms with van der Waals surface area (Å²) in [5, 5.41) is 3.44. The normalized spacial score (nSPS) is 29.9. The van der Waals surface area contributed by atoms with E-state index in [0.717, 1.165) is 16.6 Å². The van der Waals surface area contributed by atoms with Crippen molar-refractivity contribution in [3.05, 3.63) is 34.3 Å². The number of halogens is 2. The van der Waals surface area contributed by atoms with E-state index < -0.39 is 0 Å². The first-order valence-corrected chi connectivity index (χ1v) is 5.58. The lowest BCUT2D eigenvalue weighted by Crippen LogP contribution is -2.37. The summed E-state index contributed by atoms with van der Waals surface area (Å²) in [6, 6.07) is 8.56. The van der Waals surface area contributed by atoms with Gasteiger partial charge in [0.2, 0.25) is 0 Å². The third kappa shape index (κ3) is 2.53. The van der Waals surface area contributed by atoms with Gasteiger partial charge in [0, 0.05) is 16.1 Å². The van der Waals surface area contributed by atoms with Crippen molar-refractivity contribution >= 4 is 28.3 Å². The summed E-state index contributed by atoms with van der Waals surface area (Å²) < 4.78 is 6.87.